The molecule has 1 aromatic carbocycles. The number of hydrogen-bond donors (Lipinski definition) is 1. The number of carbonyl (C=O) groups excluding carboxylic acids is 1. The summed E-state index contributed by atoms with van der Waals surface area (Å²) >= 11 is 1.74. The molecule has 1 aromatic heterocycles. The normalized spacial score (nSPS) is 21.7. The van der Waals surface area contributed by atoms with Gasteiger partial charge in [0.1, 0.15) is 13.2 Å². The second-order valence-electron chi connectivity index (χ2n) is 9.08. The first-order valence-corrected chi connectivity index (χ1v) is 12.7. The predicted molar refractivity (Wildman–Crippen MR) is 124 cm³/mol. The van der Waals surface area contributed by atoms with E-state index in [4.69, 9.17) is 14.2 Å². The molecule has 0 spiro atoms. The smallest absolute Gasteiger partial charge is 0.234 e. The molecule has 3 aliphatic rings. The highest BCUT2D eigenvalue weighted by molar-refractivity contribution is 7.09. The van der Waals surface area contributed by atoms with Crippen molar-refractivity contribution in [2.75, 3.05) is 32.9 Å². The number of amides is 1. The van der Waals surface area contributed by atoms with E-state index in [0.29, 0.717) is 19.8 Å². The second kappa shape index (κ2) is 9.81. The van der Waals surface area contributed by atoms with Crippen LogP contribution in [0, 0.1) is 0 Å². The van der Waals surface area contributed by atoms with E-state index in [0.717, 1.165) is 75.3 Å². The molecule has 2 aromatic rings. The quantitative estimate of drug-likeness (QED) is 0.649. The summed E-state index contributed by atoms with van der Waals surface area (Å²) in [6.45, 7) is 3.93. The number of rotatable bonds is 8. The third-order valence-corrected chi connectivity index (χ3v) is 7.60. The number of nitrogens with zero attached hydrogens (tertiary/aromatic N) is 1. The van der Waals surface area contributed by atoms with Gasteiger partial charge in [-0.2, -0.15) is 0 Å². The van der Waals surface area contributed by atoms with Crippen molar-refractivity contribution in [1.29, 1.82) is 0 Å². The van der Waals surface area contributed by atoms with Crippen LogP contribution in [0.4, 0.5) is 0 Å². The van der Waals surface area contributed by atoms with E-state index in [-0.39, 0.29) is 17.6 Å². The van der Waals surface area contributed by atoms with Gasteiger partial charge in [-0.3, -0.25) is 9.69 Å². The van der Waals surface area contributed by atoms with E-state index in [1.54, 1.807) is 11.3 Å². The molecule has 1 saturated carbocycles. The van der Waals surface area contributed by atoms with E-state index >= 15 is 0 Å². The maximum absolute atomic E-state index is 13.3. The monoisotopic (exact) mass is 456 g/mol. The molecular formula is C25H32N2O4S. The maximum atomic E-state index is 13.3. The summed E-state index contributed by atoms with van der Waals surface area (Å²) in [5.74, 6) is 1.65. The van der Waals surface area contributed by atoms with Crippen LogP contribution < -0.4 is 14.8 Å². The third-order valence-electron chi connectivity index (χ3n) is 6.74. The predicted octanol–water partition coefficient (Wildman–Crippen LogP) is 4.09. The molecule has 0 unspecified atom stereocenters. The first-order chi connectivity index (χ1) is 15.7. The van der Waals surface area contributed by atoms with Gasteiger partial charge in [-0.25, -0.2) is 0 Å². The highest BCUT2D eigenvalue weighted by atomic mass is 32.1. The summed E-state index contributed by atoms with van der Waals surface area (Å²) in [5.41, 5.74) is 0.794. The molecule has 0 radical (unpaired) electrons. The largest absolute Gasteiger partial charge is 0.486 e. The van der Waals surface area contributed by atoms with Gasteiger partial charge in [-0.1, -0.05) is 25.0 Å². The van der Waals surface area contributed by atoms with Crippen LogP contribution in [-0.2, 0) is 21.6 Å². The Morgan fingerprint density at radius 3 is 2.69 bits per heavy atom. The van der Waals surface area contributed by atoms with E-state index in [1.807, 2.05) is 6.07 Å². The minimum absolute atomic E-state index is 0.0799. The van der Waals surface area contributed by atoms with Crippen LogP contribution in [0.15, 0.2) is 35.7 Å². The first-order valence-electron chi connectivity index (χ1n) is 11.8. The average Bonchev–Trinajstić information content (AvgIpc) is 3.57. The summed E-state index contributed by atoms with van der Waals surface area (Å²) in [6.07, 6.45) is 6.54. The van der Waals surface area contributed by atoms with Crippen molar-refractivity contribution in [2.45, 2.75) is 56.7 Å². The number of carbonyl (C=O) groups is 1. The third kappa shape index (κ3) is 4.95. The number of benzene rings is 1. The average molecular weight is 457 g/mol. The summed E-state index contributed by atoms with van der Waals surface area (Å²) < 4.78 is 17.4. The number of fused-ring (bicyclic) bond motifs is 1. The van der Waals surface area contributed by atoms with E-state index in [1.165, 1.54) is 4.88 Å². The highest BCUT2D eigenvalue weighted by Gasteiger charge is 2.38. The number of thiophene rings is 1. The van der Waals surface area contributed by atoms with Gasteiger partial charge in [-0.15, -0.1) is 11.3 Å². The lowest BCUT2D eigenvalue weighted by molar-refractivity contribution is -0.124. The summed E-state index contributed by atoms with van der Waals surface area (Å²) in [4.78, 5) is 16.8. The van der Waals surface area contributed by atoms with Gasteiger partial charge in [0.25, 0.3) is 0 Å². The number of hydrogen-bond acceptors (Lipinski definition) is 6. The van der Waals surface area contributed by atoms with Crippen molar-refractivity contribution < 1.29 is 19.0 Å². The SMILES string of the molecule is O=C(CN(Cc1cccs1)C[C@H]1CCCO1)NC1(c2ccc3c(c2)OCCO3)CCCC1. The van der Waals surface area contributed by atoms with Crippen molar-refractivity contribution in [3.05, 3.63) is 46.2 Å². The Morgan fingerprint density at radius 2 is 1.94 bits per heavy atom. The van der Waals surface area contributed by atoms with Gasteiger partial charge < -0.3 is 19.5 Å². The van der Waals surface area contributed by atoms with Gasteiger partial charge in [0.15, 0.2) is 11.5 Å². The van der Waals surface area contributed by atoms with Crippen molar-refractivity contribution in [2.24, 2.45) is 0 Å². The molecule has 5 rings (SSSR count). The van der Waals surface area contributed by atoms with Crippen LogP contribution in [0.3, 0.4) is 0 Å². The van der Waals surface area contributed by atoms with Gasteiger partial charge in [0.2, 0.25) is 5.91 Å². The second-order valence-corrected chi connectivity index (χ2v) is 10.1. The standard InChI is InChI=1S/C25H32N2O4S/c28-24(18-27(16-20-5-3-11-29-20)17-21-6-4-14-32-21)26-25(9-1-2-10-25)19-7-8-22-23(15-19)31-13-12-30-22/h4,6-8,14-15,20H,1-3,5,9-13,16-18H2,(H,26,28)/t20-/m1/s1. The number of ether oxygens (including phenoxy) is 3. The van der Waals surface area contributed by atoms with E-state index in [2.05, 4.69) is 39.9 Å². The van der Waals surface area contributed by atoms with Crippen molar-refractivity contribution in [3.8, 4) is 11.5 Å². The Labute approximate surface area is 193 Å². The van der Waals surface area contributed by atoms with E-state index in [9.17, 15) is 4.79 Å². The fraction of sp³-hybridized carbons (Fsp3) is 0.560. The van der Waals surface area contributed by atoms with Crippen molar-refractivity contribution in [1.82, 2.24) is 10.2 Å². The van der Waals surface area contributed by atoms with Crippen LogP contribution >= 0.6 is 11.3 Å². The Balaban J connectivity index is 1.30. The molecule has 7 heteroatoms. The van der Waals surface area contributed by atoms with E-state index < -0.39 is 0 Å². The van der Waals surface area contributed by atoms with Crippen LogP contribution in [-0.4, -0.2) is 49.8 Å². The lowest BCUT2D eigenvalue weighted by Crippen LogP contribution is -2.48. The molecule has 1 saturated heterocycles. The molecule has 0 bridgehead atoms. The summed E-state index contributed by atoms with van der Waals surface area (Å²) in [5, 5.41) is 5.53. The van der Waals surface area contributed by atoms with Crippen molar-refractivity contribution >= 4 is 17.2 Å². The molecule has 1 amide bonds. The number of nitrogens with one attached hydrogen (secondary N) is 1. The van der Waals surface area contributed by atoms with Crippen molar-refractivity contribution in [3.63, 3.8) is 0 Å². The topological polar surface area (TPSA) is 60.0 Å². The molecule has 172 valence electrons. The van der Waals surface area contributed by atoms with Crippen LogP contribution in [0.2, 0.25) is 0 Å². The van der Waals surface area contributed by atoms with Crippen LogP contribution in [0.1, 0.15) is 49.0 Å². The Bertz CT molecular complexity index is 905. The molecule has 6 nitrogen and oxygen atoms in total. The van der Waals surface area contributed by atoms with Crippen LogP contribution in [0.5, 0.6) is 11.5 Å². The molecule has 3 heterocycles. The molecule has 1 atom stereocenters. The fourth-order valence-electron chi connectivity index (χ4n) is 5.20. The Hall–Kier alpha value is -2.09. The zero-order valence-electron chi connectivity index (χ0n) is 18.5. The summed E-state index contributed by atoms with van der Waals surface area (Å²) in [7, 11) is 0. The van der Waals surface area contributed by atoms with Crippen LogP contribution in [0.25, 0.3) is 0 Å². The fourth-order valence-corrected chi connectivity index (χ4v) is 5.95. The highest BCUT2D eigenvalue weighted by Crippen LogP contribution is 2.42. The van der Waals surface area contributed by atoms with Gasteiger partial charge in [-0.05, 0) is 54.8 Å². The zero-order valence-corrected chi connectivity index (χ0v) is 19.3. The lowest BCUT2D eigenvalue weighted by atomic mass is 9.87. The molecule has 1 N–H and O–H groups in total. The summed E-state index contributed by atoms with van der Waals surface area (Å²) in [6, 6.07) is 10.3. The molecule has 1 aliphatic carbocycles. The zero-order chi connectivity index (χ0) is 21.8. The Morgan fingerprint density at radius 1 is 1.09 bits per heavy atom. The molecular weight excluding hydrogens is 424 g/mol. The van der Waals surface area contributed by atoms with Gasteiger partial charge in [0, 0.05) is 24.6 Å². The Kier molecular flexibility index (Phi) is 6.67. The minimum Gasteiger partial charge on any atom is -0.486 e. The first kappa shape index (κ1) is 21.7. The molecule has 2 fully saturated rings. The van der Waals surface area contributed by atoms with Gasteiger partial charge in [0.05, 0.1) is 18.2 Å². The molecule has 32 heavy (non-hydrogen) atoms. The molecule has 2 aliphatic heterocycles. The maximum Gasteiger partial charge on any atom is 0.234 e. The van der Waals surface area contributed by atoms with Gasteiger partial charge >= 0.3 is 0 Å². The minimum atomic E-state index is -0.328. The lowest BCUT2D eigenvalue weighted by Gasteiger charge is -2.33.